The van der Waals surface area contributed by atoms with Crippen LogP contribution in [0, 0.1) is 0 Å². The zero-order chi connectivity index (χ0) is 44.5. The van der Waals surface area contributed by atoms with Crippen molar-refractivity contribution in [2.75, 3.05) is 4.90 Å². The predicted molar refractivity (Wildman–Crippen MR) is 286 cm³/mol. The number of anilines is 3. The van der Waals surface area contributed by atoms with Gasteiger partial charge in [-0.15, -0.1) is 0 Å². The molecule has 0 aliphatic carbocycles. The fourth-order valence-corrected chi connectivity index (χ4v) is 9.73. The molecule has 67 heavy (non-hydrogen) atoms. The van der Waals surface area contributed by atoms with E-state index in [1.54, 1.807) is 0 Å². The van der Waals surface area contributed by atoms with Crippen molar-refractivity contribution >= 4 is 49.4 Å². The first-order valence-electron chi connectivity index (χ1n) is 23.1. The van der Waals surface area contributed by atoms with Crippen LogP contribution in [0.3, 0.4) is 0 Å². The third-order valence-electron chi connectivity index (χ3n) is 13.3. The number of nitrogens with zero attached hydrogens (tertiary/aromatic N) is 1. The van der Waals surface area contributed by atoms with Crippen molar-refractivity contribution in [2.24, 2.45) is 0 Å². The molecule has 0 fully saturated rings. The molecule has 0 aliphatic heterocycles. The lowest BCUT2D eigenvalue weighted by Crippen LogP contribution is -2.11. The molecule has 0 bridgehead atoms. The lowest BCUT2D eigenvalue weighted by molar-refractivity contribution is 1.28. The SMILES string of the molecule is c1ccc(-c2cccc(-c3ccc(N(c4ccc(-c5ccc(-c6cccc7ccccc67)cc5)cc4)c4cc(-c5ccc6ccccc6c5)ccc4-c4ccc5ccccc5c4)cc3)c2)cc1. The molecule has 0 amide bonds. The largest absolute Gasteiger partial charge is 0.310 e. The molecule has 0 radical (unpaired) electrons. The van der Waals surface area contributed by atoms with Crippen LogP contribution < -0.4 is 4.90 Å². The van der Waals surface area contributed by atoms with Gasteiger partial charge in [0.25, 0.3) is 0 Å². The molecule has 0 unspecified atom stereocenters. The van der Waals surface area contributed by atoms with E-state index in [0.717, 1.165) is 28.2 Å². The van der Waals surface area contributed by atoms with Crippen LogP contribution in [-0.4, -0.2) is 0 Å². The number of hydrogen-bond acceptors (Lipinski definition) is 1. The Labute approximate surface area is 392 Å². The van der Waals surface area contributed by atoms with Crippen LogP contribution in [0.1, 0.15) is 0 Å². The van der Waals surface area contributed by atoms with Crippen molar-refractivity contribution in [2.45, 2.75) is 0 Å². The van der Waals surface area contributed by atoms with Crippen LogP contribution >= 0.6 is 0 Å². The highest BCUT2D eigenvalue weighted by Crippen LogP contribution is 2.45. The van der Waals surface area contributed by atoms with Gasteiger partial charge in [-0.3, -0.25) is 0 Å². The van der Waals surface area contributed by atoms with E-state index in [1.807, 2.05) is 0 Å². The monoisotopic (exact) mass is 851 g/mol. The number of rotatable bonds is 9. The first-order chi connectivity index (χ1) is 33.2. The summed E-state index contributed by atoms with van der Waals surface area (Å²) in [6, 6.07) is 99.6. The summed E-state index contributed by atoms with van der Waals surface area (Å²) in [5.74, 6) is 0. The van der Waals surface area contributed by atoms with Crippen molar-refractivity contribution in [1.29, 1.82) is 0 Å². The maximum Gasteiger partial charge on any atom is 0.0546 e. The van der Waals surface area contributed by atoms with Gasteiger partial charge in [0, 0.05) is 16.9 Å². The molecule has 0 heterocycles. The summed E-state index contributed by atoms with van der Waals surface area (Å²) in [6.45, 7) is 0. The third-order valence-corrected chi connectivity index (χ3v) is 13.3. The summed E-state index contributed by atoms with van der Waals surface area (Å²) in [5.41, 5.74) is 17.5. The van der Waals surface area contributed by atoms with Crippen LogP contribution in [0.5, 0.6) is 0 Å². The minimum absolute atomic E-state index is 1.08. The summed E-state index contributed by atoms with van der Waals surface area (Å²) < 4.78 is 0. The molecule has 12 aromatic rings. The quantitative estimate of drug-likeness (QED) is 0.140. The van der Waals surface area contributed by atoms with E-state index in [0.29, 0.717) is 0 Å². The Bertz CT molecular complexity index is 3710. The van der Waals surface area contributed by atoms with E-state index < -0.39 is 0 Å². The van der Waals surface area contributed by atoms with E-state index in [-0.39, 0.29) is 0 Å². The zero-order valence-corrected chi connectivity index (χ0v) is 36.9. The second kappa shape index (κ2) is 17.3. The van der Waals surface area contributed by atoms with Crippen molar-refractivity contribution in [3.8, 4) is 66.8 Å². The maximum atomic E-state index is 2.44. The fraction of sp³-hybridized carbons (Fsp3) is 0. The molecule has 12 aromatic carbocycles. The lowest BCUT2D eigenvalue weighted by Gasteiger charge is -2.29. The summed E-state index contributed by atoms with van der Waals surface area (Å²) >= 11 is 0. The minimum atomic E-state index is 1.08. The normalized spacial score (nSPS) is 11.3. The molecule has 0 N–H and O–H groups in total. The fourth-order valence-electron chi connectivity index (χ4n) is 9.73. The predicted octanol–water partition coefficient (Wildman–Crippen LogP) is 18.6. The van der Waals surface area contributed by atoms with Crippen LogP contribution in [0.2, 0.25) is 0 Å². The van der Waals surface area contributed by atoms with Crippen molar-refractivity contribution in [1.82, 2.24) is 0 Å². The number of hydrogen-bond donors (Lipinski definition) is 0. The molecule has 0 saturated carbocycles. The van der Waals surface area contributed by atoms with Crippen LogP contribution in [0.15, 0.2) is 273 Å². The average molecular weight is 852 g/mol. The molecule has 0 atom stereocenters. The van der Waals surface area contributed by atoms with Gasteiger partial charge in [0.15, 0.2) is 0 Å². The van der Waals surface area contributed by atoms with E-state index in [4.69, 9.17) is 0 Å². The smallest absolute Gasteiger partial charge is 0.0546 e. The Morgan fingerprint density at radius 3 is 1.25 bits per heavy atom. The van der Waals surface area contributed by atoms with Gasteiger partial charge in [-0.05, 0) is 142 Å². The number of benzene rings is 12. The molecule has 0 aliphatic rings. The highest BCUT2D eigenvalue weighted by atomic mass is 15.1. The standard InChI is InChI=1S/C66H45N/c1-2-12-46(13-3-1)56-20-10-21-57(42-56)51-34-39-62(40-35-51)67(61-37-32-50(33-38-61)49-24-28-53(29-25-49)64-23-11-19-52-16-8-9-22-63(52)64)66-45-59(58-30-26-47-14-4-6-17-54(47)43-58)36-41-65(66)60-31-27-48-15-5-7-18-55(48)44-60/h1-45H. The van der Waals surface area contributed by atoms with Crippen molar-refractivity contribution in [3.05, 3.63) is 273 Å². The molecule has 314 valence electrons. The Balaban J connectivity index is 0.989. The van der Waals surface area contributed by atoms with Crippen LogP contribution in [0.25, 0.3) is 99.1 Å². The summed E-state index contributed by atoms with van der Waals surface area (Å²) in [4.78, 5) is 2.44. The van der Waals surface area contributed by atoms with Crippen LogP contribution in [-0.2, 0) is 0 Å². The summed E-state index contributed by atoms with van der Waals surface area (Å²) in [6.07, 6.45) is 0. The van der Waals surface area contributed by atoms with E-state index in [1.165, 1.54) is 88.0 Å². The van der Waals surface area contributed by atoms with Gasteiger partial charge < -0.3 is 4.90 Å². The van der Waals surface area contributed by atoms with Gasteiger partial charge >= 0.3 is 0 Å². The molecular weight excluding hydrogens is 807 g/mol. The maximum absolute atomic E-state index is 2.44. The molecule has 0 spiro atoms. The zero-order valence-electron chi connectivity index (χ0n) is 36.9. The van der Waals surface area contributed by atoms with E-state index >= 15 is 0 Å². The molecule has 1 heteroatoms. The Hall–Kier alpha value is -8.78. The van der Waals surface area contributed by atoms with Gasteiger partial charge in [0.1, 0.15) is 0 Å². The van der Waals surface area contributed by atoms with E-state index in [2.05, 4.69) is 278 Å². The van der Waals surface area contributed by atoms with Gasteiger partial charge in [-0.2, -0.15) is 0 Å². The second-order valence-electron chi connectivity index (χ2n) is 17.3. The van der Waals surface area contributed by atoms with Gasteiger partial charge in [0.2, 0.25) is 0 Å². The molecule has 0 saturated heterocycles. The average Bonchev–Trinajstić information content (AvgIpc) is 3.41. The second-order valence-corrected chi connectivity index (χ2v) is 17.3. The number of fused-ring (bicyclic) bond motifs is 3. The van der Waals surface area contributed by atoms with Crippen molar-refractivity contribution < 1.29 is 0 Å². The molecule has 0 aromatic heterocycles. The van der Waals surface area contributed by atoms with Gasteiger partial charge in [-0.1, -0.05) is 224 Å². The van der Waals surface area contributed by atoms with Crippen LogP contribution in [0.4, 0.5) is 17.1 Å². The molecular formula is C66H45N. The third kappa shape index (κ3) is 7.84. The highest BCUT2D eigenvalue weighted by Gasteiger charge is 2.20. The first kappa shape index (κ1) is 39.8. The van der Waals surface area contributed by atoms with Gasteiger partial charge in [0.05, 0.1) is 5.69 Å². The summed E-state index contributed by atoms with van der Waals surface area (Å²) in [7, 11) is 0. The lowest BCUT2D eigenvalue weighted by atomic mass is 9.94. The highest BCUT2D eigenvalue weighted by molar-refractivity contribution is 5.98. The Morgan fingerprint density at radius 2 is 0.597 bits per heavy atom. The van der Waals surface area contributed by atoms with Crippen molar-refractivity contribution in [3.63, 3.8) is 0 Å². The summed E-state index contributed by atoms with van der Waals surface area (Å²) in [5, 5.41) is 7.42. The first-order valence-corrected chi connectivity index (χ1v) is 23.1. The topological polar surface area (TPSA) is 3.24 Å². The Morgan fingerprint density at radius 1 is 0.194 bits per heavy atom. The Kier molecular flexibility index (Phi) is 10.3. The molecule has 12 rings (SSSR count). The minimum Gasteiger partial charge on any atom is -0.310 e. The molecule has 1 nitrogen and oxygen atoms in total. The van der Waals surface area contributed by atoms with Gasteiger partial charge in [-0.25, -0.2) is 0 Å². The van der Waals surface area contributed by atoms with E-state index in [9.17, 15) is 0 Å².